The van der Waals surface area contributed by atoms with E-state index in [1.165, 1.54) is 28.3 Å². The summed E-state index contributed by atoms with van der Waals surface area (Å²) < 4.78 is 6.71. The molecule has 0 spiro atoms. The highest BCUT2D eigenvalue weighted by Crippen LogP contribution is 2.18. The second-order valence-electron chi connectivity index (χ2n) is 6.44. The molecular formula is C15H21N7O3. The average Bonchev–Trinajstić information content (AvgIpc) is 3.01. The van der Waals surface area contributed by atoms with Gasteiger partial charge in [-0.2, -0.15) is 0 Å². The van der Waals surface area contributed by atoms with Gasteiger partial charge in [-0.15, -0.1) is 5.10 Å². The van der Waals surface area contributed by atoms with Gasteiger partial charge in [0.05, 0.1) is 6.04 Å². The van der Waals surface area contributed by atoms with Gasteiger partial charge in [0.15, 0.2) is 11.6 Å². The molecule has 0 saturated carbocycles. The van der Waals surface area contributed by atoms with Crippen LogP contribution in [0.2, 0.25) is 0 Å². The van der Waals surface area contributed by atoms with Crippen molar-refractivity contribution in [3.63, 3.8) is 0 Å². The summed E-state index contributed by atoms with van der Waals surface area (Å²) in [6.45, 7) is 7.16. The molecule has 2 N–H and O–H groups in total. The maximum absolute atomic E-state index is 12.1. The summed E-state index contributed by atoms with van der Waals surface area (Å²) in [6, 6.07) is 0.983. The molecule has 2 rings (SSSR count). The Morgan fingerprint density at radius 3 is 2.56 bits per heavy atom. The highest BCUT2D eigenvalue weighted by molar-refractivity contribution is 5.90. The average molecular weight is 347 g/mol. The minimum Gasteiger partial charge on any atom is -0.444 e. The highest BCUT2D eigenvalue weighted by atomic mass is 16.6. The van der Waals surface area contributed by atoms with Crippen molar-refractivity contribution in [1.29, 1.82) is 0 Å². The summed E-state index contributed by atoms with van der Waals surface area (Å²) in [5, 5.41) is 4.29. The predicted molar refractivity (Wildman–Crippen MR) is 87.9 cm³/mol. The van der Waals surface area contributed by atoms with Crippen LogP contribution in [0.15, 0.2) is 18.7 Å². The van der Waals surface area contributed by atoms with Crippen molar-refractivity contribution in [2.24, 2.45) is 5.73 Å². The third kappa shape index (κ3) is 4.49. The van der Waals surface area contributed by atoms with E-state index in [4.69, 9.17) is 10.5 Å². The Labute approximate surface area is 145 Å². The maximum Gasteiger partial charge on any atom is 0.410 e. The second kappa shape index (κ2) is 6.83. The van der Waals surface area contributed by atoms with Gasteiger partial charge in [0.25, 0.3) is 5.91 Å². The molecule has 0 aliphatic carbocycles. The summed E-state index contributed by atoms with van der Waals surface area (Å²) in [6.07, 6.45) is 2.17. The molecule has 134 valence electrons. The summed E-state index contributed by atoms with van der Waals surface area (Å²) >= 11 is 0. The Hall–Kier alpha value is -3.04. The molecule has 10 heteroatoms. The van der Waals surface area contributed by atoms with E-state index in [0.717, 1.165) is 0 Å². The zero-order valence-corrected chi connectivity index (χ0v) is 14.8. The summed E-state index contributed by atoms with van der Waals surface area (Å²) in [7, 11) is 1.61. The van der Waals surface area contributed by atoms with Crippen molar-refractivity contribution in [3.05, 3.63) is 30.2 Å². The van der Waals surface area contributed by atoms with E-state index in [9.17, 15) is 9.59 Å². The predicted octanol–water partition coefficient (Wildman–Crippen LogP) is 1.08. The first-order chi connectivity index (χ1) is 11.6. The lowest BCUT2D eigenvalue weighted by molar-refractivity contribution is 0.0227. The first-order valence-electron chi connectivity index (χ1n) is 7.58. The highest BCUT2D eigenvalue weighted by Gasteiger charge is 2.26. The van der Waals surface area contributed by atoms with Gasteiger partial charge >= 0.3 is 6.09 Å². The Kier molecular flexibility index (Phi) is 5.00. The molecule has 1 atom stereocenters. The molecule has 0 bridgehead atoms. The zero-order chi connectivity index (χ0) is 18.8. The fraction of sp³-hybridized carbons (Fsp3) is 0.467. The number of amides is 2. The van der Waals surface area contributed by atoms with Gasteiger partial charge in [-0.25, -0.2) is 24.4 Å². The summed E-state index contributed by atoms with van der Waals surface area (Å²) in [4.78, 5) is 36.7. The third-order valence-corrected chi connectivity index (χ3v) is 3.29. The number of nitrogens with two attached hydrogens (primary N) is 1. The van der Waals surface area contributed by atoms with E-state index < -0.39 is 23.6 Å². The number of hydrogen-bond acceptors (Lipinski definition) is 7. The molecule has 25 heavy (non-hydrogen) atoms. The van der Waals surface area contributed by atoms with Crippen molar-refractivity contribution >= 4 is 12.0 Å². The maximum atomic E-state index is 12.1. The van der Waals surface area contributed by atoms with Gasteiger partial charge in [-0.3, -0.25) is 4.79 Å². The summed E-state index contributed by atoms with van der Waals surface area (Å²) in [5.74, 6) is 0.0734. The molecule has 0 aliphatic heterocycles. The Balaban J connectivity index is 2.19. The van der Waals surface area contributed by atoms with Gasteiger partial charge in [-0.05, 0) is 27.7 Å². The lowest BCUT2D eigenvalue weighted by Crippen LogP contribution is -2.36. The fourth-order valence-corrected chi connectivity index (χ4v) is 1.85. The molecule has 2 aromatic heterocycles. The van der Waals surface area contributed by atoms with Crippen LogP contribution >= 0.6 is 0 Å². The minimum atomic E-state index is -0.665. The lowest BCUT2D eigenvalue weighted by Gasteiger charge is -2.27. The van der Waals surface area contributed by atoms with Crippen LogP contribution in [0.4, 0.5) is 4.79 Å². The second-order valence-corrected chi connectivity index (χ2v) is 6.44. The van der Waals surface area contributed by atoms with Gasteiger partial charge in [-0.1, -0.05) is 0 Å². The van der Waals surface area contributed by atoms with E-state index in [1.807, 2.05) is 0 Å². The standard InChI is InChI=1S/C15H21N7O3/c1-9(21(5)14(24)25-15(2,3)4)13-19-8-22(20-13)11-6-10(12(16)23)17-7-18-11/h6-9H,1-5H3,(H2,16,23)/t9-/m0/s1. The molecular weight excluding hydrogens is 326 g/mol. The normalized spacial score (nSPS) is 12.5. The van der Waals surface area contributed by atoms with Crippen LogP contribution in [0.1, 0.15) is 50.0 Å². The number of ether oxygens (including phenoxy) is 1. The number of hydrogen-bond donors (Lipinski definition) is 1. The molecule has 0 aliphatic rings. The van der Waals surface area contributed by atoms with Crippen LogP contribution in [-0.2, 0) is 4.74 Å². The van der Waals surface area contributed by atoms with E-state index in [-0.39, 0.29) is 5.69 Å². The van der Waals surface area contributed by atoms with E-state index in [1.54, 1.807) is 34.7 Å². The Morgan fingerprint density at radius 1 is 1.28 bits per heavy atom. The number of primary amides is 1. The molecule has 2 heterocycles. The summed E-state index contributed by atoms with van der Waals surface area (Å²) in [5.41, 5.74) is 4.68. The number of carbonyl (C=O) groups excluding carboxylic acids is 2. The molecule has 2 amide bonds. The number of aromatic nitrogens is 5. The van der Waals surface area contributed by atoms with Crippen LogP contribution in [-0.4, -0.2) is 54.3 Å². The monoisotopic (exact) mass is 347 g/mol. The van der Waals surface area contributed by atoms with Crippen LogP contribution in [0.5, 0.6) is 0 Å². The molecule has 0 saturated heterocycles. The zero-order valence-electron chi connectivity index (χ0n) is 14.8. The molecule has 2 aromatic rings. The van der Waals surface area contributed by atoms with E-state index in [2.05, 4.69) is 20.1 Å². The van der Waals surface area contributed by atoms with Crippen molar-refractivity contribution in [2.45, 2.75) is 39.3 Å². The largest absolute Gasteiger partial charge is 0.444 e. The molecule has 0 fully saturated rings. The third-order valence-electron chi connectivity index (χ3n) is 3.29. The van der Waals surface area contributed by atoms with Gasteiger partial charge in [0, 0.05) is 13.1 Å². The number of carbonyl (C=O) groups is 2. The van der Waals surface area contributed by atoms with Crippen molar-refractivity contribution in [1.82, 2.24) is 29.6 Å². The quantitative estimate of drug-likeness (QED) is 0.876. The Bertz CT molecular complexity index is 781. The smallest absolute Gasteiger partial charge is 0.410 e. The van der Waals surface area contributed by atoms with Crippen LogP contribution in [0.25, 0.3) is 5.82 Å². The van der Waals surface area contributed by atoms with Gasteiger partial charge < -0.3 is 15.4 Å². The molecule has 0 unspecified atom stereocenters. The molecule has 0 aromatic carbocycles. The van der Waals surface area contributed by atoms with Crippen molar-refractivity contribution in [2.75, 3.05) is 7.05 Å². The van der Waals surface area contributed by atoms with E-state index >= 15 is 0 Å². The van der Waals surface area contributed by atoms with Gasteiger partial charge in [0.1, 0.15) is 23.9 Å². The van der Waals surface area contributed by atoms with Crippen molar-refractivity contribution < 1.29 is 14.3 Å². The van der Waals surface area contributed by atoms with Crippen LogP contribution in [0.3, 0.4) is 0 Å². The van der Waals surface area contributed by atoms with Gasteiger partial charge in [0.2, 0.25) is 0 Å². The van der Waals surface area contributed by atoms with E-state index in [0.29, 0.717) is 11.6 Å². The fourth-order valence-electron chi connectivity index (χ4n) is 1.85. The minimum absolute atomic E-state index is 0.0703. The topological polar surface area (TPSA) is 129 Å². The SMILES string of the molecule is C[C@@H](c1ncn(-c2cc(C(N)=O)ncn2)n1)N(C)C(=O)OC(C)(C)C. The molecule has 0 radical (unpaired) electrons. The molecule has 10 nitrogen and oxygen atoms in total. The Morgan fingerprint density at radius 2 is 1.96 bits per heavy atom. The number of rotatable bonds is 4. The van der Waals surface area contributed by atoms with Crippen LogP contribution in [0, 0.1) is 0 Å². The number of nitrogens with zero attached hydrogens (tertiary/aromatic N) is 6. The lowest BCUT2D eigenvalue weighted by atomic mass is 10.2. The van der Waals surface area contributed by atoms with Crippen molar-refractivity contribution in [3.8, 4) is 5.82 Å². The van der Waals surface area contributed by atoms with Crippen LogP contribution < -0.4 is 5.73 Å². The first kappa shape index (κ1) is 18.3. The first-order valence-corrected chi connectivity index (χ1v) is 7.58.